The van der Waals surface area contributed by atoms with E-state index in [1.54, 1.807) is 18.0 Å². The van der Waals surface area contributed by atoms with Crippen LogP contribution in [0.3, 0.4) is 0 Å². The lowest BCUT2D eigenvalue weighted by atomic mass is 10.1. The summed E-state index contributed by atoms with van der Waals surface area (Å²) in [6.07, 6.45) is 6.41. The van der Waals surface area contributed by atoms with Crippen molar-refractivity contribution < 1.29 is 4.79 Å². The van der Waals surface area contributed by atoms with Gasteiger partial charge >= 0.3 is 0 Å². The van der Waals surface area contributed by atoms with Crippen molar-refractivity contribution in [1.82, 2.24) is 15.3 Å². The Hall–Kier alpha value is -2.77. The standard InChI is InChI=1S/C21H21N5OS/c22-16-11-13-3-1-2-4-14(13)19(16)25-21(27)18-12-26(9-10-28-18)17-6-8-24-20-15(17)5-7-23-20/h1-8,12,16,19H,9-11,22H2,(H,23,24)(H,25,27)/t16-,19+/m1/s1. The Morgan fingerprint density at radius 2 is 2.18 bits per heavy atom. The number of anilines is 1. The van der Waals surface area contributed by atoms with Crippen LogP contribution in [0.5, 0.6) is 0 Å². The molecule has 0 bridgehead atoms. The Bertz CT molecular complexity index is 1080. The average molecular weight is 392 g/mol. The van der Waals surface area contributed by atoms with Crippen LogP contribution in [0.2, 0.25) is 0 Å². The Morgan fingerprint density at radius 3 is 3.11 bits per heavy atom. The van der Waals surface area contributed by atoms with Crippen molar-refractivity contribution in [3.05, 3.63) is 71.0 Å². The van der Waals surface area contributed by atoms with E-state index < -0.39 is 0 Å². The van der Waals surface area contributed by atoms with Crippen molar-refractivity contribution >= 4 is 34.4 Å². The van der Waals surface area contributed by atoms with Crippen molar-refractivity contribution in [2.45, 2.75) is 18.5 Å². The van der Waals surface area contributed by atoms with Crippen LogP contribution < -0.4 is 16.0 Å². The minimum atomic E-state index is -0.141. The first-order valence-corrected chi connectivity index (χ1v) is 10.4. The number of amides is 1. The summed E-state index contributed by atoms with van der Waals surface area (Å²) in [4.78, 5) is 23.3. The second-order valence-electron chi connectivity index (χ2n) is 7.12. The number of carbonyl (C=O) groups excluding carboxylic acids is 1. The zero-order valence-corrected chi connectivity index (χ0v) is 16.1. The number of nitrogens with zero attached hydrogens (tertiary/aromatic N) is 2. The van der Waals surface area contributed by atoms with Gasteiger partial charge in [0.1, 0.15) is 5.65 Å². The van der Waals surface area contributed by atoms with E-state index >= 15 is 0 Å². The lowest BCUT2D eigenvalue weighted by molar-refractivity contribution is -0.117. The molecule has 5 rings (SSSR count). The highest BCUT2D eigenvalue weighted by Gasteiger charge is 2.32. The molecule has 0 spiro atoms. The number of nitrogens with one attached hydrogen (secondary N) is 2. The number of hydrogen-bond acceptors (Lipinski definition) is 5. The fraction of sp³-hybridized carbons (Fsp3) is 0.238. The van der Waals surface area contributed by atoms with Gasteiger partial charge in [-0.1, -0.05) is 24.3 Å². The topological polar surface area (TPSA) is 87.0 Å². The fourth-order valence-corrected chi connectivity index (χ4v) is 4.93. The zero-order chi connectivity index (χ0) is 19.1. The van der Waals surface area contributed by atoms with E-state index in [2.05, 4.69) is 32.3 Å². The normalized spacial score (nSPS) is 21.5. The Morgan fingerprint density at radius 1 is 1.29 bits per heavy atom. The predicted octanol–water partition coefficient (Wildman–Crippen LogP) is 2.70. The van der Waals surface area contributed by atoms with Crippen molar-refractivity contribution in [3.8, 4) is 0 Å². The Labute approximate surface area is 167 Å². The number of hydrogen-bond donors (Lipinski definition) is 3. The lowest BCUT2D eigenvalue weighted by Crippen LogP contribution is -2.39. The maximum absolute atomic E-state index is 13.0. The third-order valence-corrected chi connectivity index (χ3v) is 6.38. The van der Waals surface area contributed by atoms with Gasteiger partial charge < -0.3 is 20.9 Å². The molecule has 2 aliphatic rings. The molecule has 1 amide bonds. The molecule has 2 aromatic heterocycles. The van der Waals surface area contributed by atoms with Gasteiger partial charge in [-0.25, -0.2) is 4.98 Å². The van der Waals surface area contributed by atoms with Crippen LogP contribution >= 0.6 is 11.8 Å². The molecule has 7 heteroatoms. The largest absolute Gasteiger partial charge is 0.346 e. The summed E-state index contributed by atoms with van der Waals surface area (Å²) in [5.74, 6) is 0.784. The van der Waals surface area contributed by atoms with Crippen LogP contribution in [0.1, 0.15) is 17.2 Å². The summed E-state index contributed by atoms with van der Waals surface area (Å²) in [7, 11) is 0. The van der Waals surface area contributed by atoms with Crippen molar-refractivity contribution in [1.29, 1.82) is 0 Å². The first-order chi connectivity index (χ1) is 13.7. The maximum atomic E-state index is 13.0. The van der Waals surface area contributed by atoms with Gasteiger partial charge in [-0.3, -0.25) is 4.79 Å². The third kappa shape index (κ3) is 2.96. The summed E-state index contributed by atoms with van der Waals surface area (Å²) in [6.45, 7) is 0.845. The van der Waals surface area contributed by atoms with Crippen molar-refractivity contribution in [2.75, 3.05) is 17.2 Å². The van der Waals surface area contributed by atoms with Crippen molar-refractivity contribution in [3.63, 3.8) is 0 Å². The highest BCUT2D eigenvalue weighted by molar-refractivity contribution is 8.04. The number of aromatic nitrogens is 2. The SMILES string of the molecule is N[C@@H]1Cc2ccccc2[C@@H]1NC(=O)C1=CN(c2ccnc3[nH]ccc23)CCS1. The van der Waals surface area contributed by atoms with Gasteiger partial charge in [-0.2, -0.15) is 0 Å². The maximum Gasteiger partial charge on any atom is 0.259 e. The number of nitrogens with two attached hydrogens (primary N) is 1. The van der Waals surface area contributed by atoms with E-state index in [9.17, 15) is 4.79 Å². The molecule has 4 N–H and O–H groups in total. The van der Waals surface area contributed by atoms with Crippen LogP contribution in [0.4, 0.5) is 5.69 Å². The summed E-state index contributed by atoms with van der Waals surface area (Å²) in [5, 5.41) is 4.21. The second kappa shape index (κ2) is 7.00. The minimum absolute atomic E-state index is 0.0637. The Balaban J connectivity index is 1.40. The number of rotatable bonds is 3. The molecule has 1 aliphatic heterocycles. The average Bonchev–Trinajstić information content (AvgIpc) is 3.32. The smallest absolute Gasteiger partial charge is 0.259 e. The molecular weight excluding hydrogens is 370 g/mol. The van der Waals surface area contributed by atoms with E-state index in [4.69, 9.17) is 5.73 Å². The number of H-pyrrole nitrogens is 1. The van der Waals surface area contributed by atoms with Crippen LogP contribution in [0.25, 0.3) is 11.0 Å². The summed E-state index contributed by atoms with van der Waals surface area (Å²) >= 11 is 1.59. The molecular formula is C21H21N5OS. The molecule has 3 aromatic rings. The van der Waals surface area contributed by atoms with Gasteiger partial charge in [0.2, 0.25) is 0 Å². The number of aromatic amines is 1. The summed E-state index contributed by atoms with van der Waals surface area (Å²) < 4.78 is 0. The quantitative estimate of drug-likeness (QED) is 0.639. The first kappa shape index (κ1) is 17.3. The monoisotopic (exact) mass is 391 g/mol. The van der Waals surface area contributed by atoms with E-state index in [0.29, 0.717) is 4.91 Å². The van der Waals surface area contributed by atoms with E-state index in [1.165, 1.54) is 5.56 Å². The van der Waals surface area contributed by atoms with Crippen LogP contribution in [0.15, 0.2) is 59.9 Å². The molecule has 6 nitrogen and oxygen atoms in total. The number of benzene rings is 1. The number of thioether (sulfide) groups is 1. The number of carbonyl (C=O) groups is 1. The van der Waals surface area contributed by atoms with Gasteiger partial charge in [0.25, 0.3) is 5.91 Å². The lowest BCUT2D eigenvalue weighted by Gasteiger charge is -2.27. The summed E-state index contributed by atoms with van der Waals surface area (Å²) in [6, 6.07) is 11.9. The van der Waals surface area contributed by atoms with Gasteiger partial charge in [0.05, 0.1) is 16.6 Å². The van der Waals surface area contributed by atoms with Gasteiger partial charge in [-0.05, 0) is 29.7 Å². The molecule has 0 saturated carbocycles. The molecule has 28 heavy (non-hydrogen) atoms. The van der Waals surface area contributed by atoms with Gasteiger partial charge in [0, 0.05) is 42.3 Å². The molecule has 0 saturated heterocycles. The minimum Gasteiger partial charge on any atom is -0.346 e. The molecule has 0 fully saturated rings. The molecule has 1 aliphatic carbocycles. The molecule has 0 radical (unpaired) electrons. The summed E-state index contributed by atoms with van der Waals surface area (Å²) in [5.41, 5.74) is 10.6. The molecule has 1 aromatic carbocycles. The fourth-order valence-electron chi connectivity index (χ4n) is 4.03. The highest BCUT2D eigenvalue weighted by atomic mass is 32.2. The third-order valence-electron chi connectivity index (χ3n) is 5.39. The van der Waals surface area contributed by atoms with Crippen molar-refractivity contribution in [2.24, 2.45) is 5.73 Å². The molecule has 142 valence electrons. The van der Waals surface area contributed by atoms with E-state index in [0.717, 1.165) is 41.0 Å². The zero-order valence-electron chi connectivity index (χ0n) is 15.3. The molecule has 2 atom stereocenters. The number of fused-ring (bicyclic) bond motifs is 2. The second-order valence-corrected chi connectivity index (χ2v) is 8.26. The predicted molar refractivity (Wildman–Crippen MR) is 113 cm³/mol. The van der Waals surface area contributed by atoms with Gasteiger partial charge in [0.15, 0.2) is 0 Å². The van der Waals surface area contributed by atoms with Crippen LogP contribution in [0, 0.1) is 0 Å². The first-order valence-electron chi connectivity index (χ1n) is 9.38. The van der Waals surface area contributed by atoms with Gasteiger partial charge in [-0.15, -0.1) is 11.8 Å². The molecule has 3 heterocycles. The molecule has 0 unspecified atom stereocenters. The van der Waals surface area contributed by atoms with Crippen LogP contribution in [-0.2, 0) is 11.2 Å². The van der Waals surface area contributed by atoms with E-state index in [1.807, 2.05) is 36.7 Å². The number of pyridine rings is 1. The highest BCUT2D eigenvalue weighted by Crippen LogP contribution is 2.33. The Kier molecular flexibility index (Phi) is 4.33. The van der Waals surface area contributed by atoms with E-state index in [-0.39, 0.29) is 18.0 Å². The van der Waals surface area contributed by atoms with Crippen LogP contribution in [-0.4, -0.2) is 34.2 Å².